The quantitative estimate of drug-likeness (QED) is 0.201. The van der Waals surface area contributed by atoms with E-state index >= 15 is 0 Å². The number of ketones is 1. The zero-order valence-corrected chi connectivity index (χ0v) is 19.7. The Labute approximate surface area is 208 Å². The summed E-state index contributed by atoms with van der Waals surface area (Å²) >= 11 is 0. The number of ether oxygens (including phenoxy) is 2. The number of aromatic nitrogens is 1. The van der Waals surface area contributed by atoms with Gasteiger partial charge in [-0.05, 0) is 66.6 Å². The molecular formula is C28H25FN2O5. The van der Waals surface area contributed by atoms with Crippen molar-refractivity contribution in [1.82, 2.24) is 9.88 Å². The van der Waals surface area contributed by atoms with Gasteiger partial charge >= 0.3 is 0 Å². The van der Waals surface area contributed by atoms with Crippen LogP contribution in [0.5, 0.6) is 11.5 Å². The number of pyridine rings is 1. The lowest BCUT2D eigenvalue weighted by Crippen LogP contribution is -2.29. The topological polar surface area (TPSA) is 89.0 Å². The normalized spacial score (nSPS) is 16.7. The van der Waals surface area contributed by atoms with E-state index in [0.29, 0.717) is 23.7 Å². The number of likely N-dealkylation sites (tertiary alicyclic amines) is 1. The van der Waals surface area contributed by atoms with E-state index in [9.17, 15) is 19.1 Å². The molecule has 0 radical (unpaired) electrons. The Morgan fingerprint density at radius 2 is 1.81 bits per heavy atom. The summed E-state index contributed by atoms with van der Waals surface area (Å²) in [5.41, 5.74) is 1.43. The number of benzene rings is 2. The summed E-state index contributed by atoms with van der Waals surface area (Å²) in [6.45, 7) is 6.22. The van der Waals surface area contributed by atoms with Gasteiger partial charge in [0.25, 0.3) is 11.7 Å². The summed E-state index contributed by atoms with van der Waals surface area (Å²) < 4.78 is 24.9. The molecule has 1 aromatic heterocycles. The Morgan fingerprint density at radius 1 is 1.08 bits per heavy atom. The fraction of sp³-hybridized carbons (Fsp3) is 0.179. The number of amides is 1. The number of carbonyl (C=O) groups excluding carboxylic acids is 2. The number of rotatable bonds is 9. The van der Waals surface area contributed by atoms with E-state index < -0.39 is 23.5 Å². The molecule has 1 unspecified atom stereocenters. The van der Waals surface area contributed by atoms with Crippen LogP contribution in [0.2, 0.25) is 0 Å². The Balaban J connectivity index is 1.87. The van der Waals surface area contributed by atoms with Crippen molar-refractivity contribution in [1.29, 1.82) is 0 Å². The van der Waals surface area contributed by atoms with Crippen LogP contribution in [0, 0.1) is 5.82 Å². The van der Waals surface area contributed by atoms with Crippen LogP contribution in [0.1, 0.15) is 29.7 Å². The third-order valence-corrected chi connectivity index (χ3v) is 5.70. The lowest BCUT2D eigenvalue weighted by molar-refractivity contribution is -0.140. The average Bonchev–Trinajstić information content (AvgIpc) is 3.13. The van der Waals surface area contributed by atoms with Gasteiger partial charge in [0.15, 0.2) is 11.5 Å². The second-order valence-corrected chi connectivity index (χ2v) is 8.03. The summed E-state index contributed by atoms with van der Waals surface area (Å²) in [4.78, 5) is 31.8. The number of nitrogens with zero attached hydrogens (tertiary/aromatic N) is 2. The number of carbonyl (C=O) groups is 2. The number of hydrogen-bond donors (Lipinski definition) is 1. The number of aliphatic hydroxyl groups is 1. The van der Waals surface area contributed by atoms with Gasteiger partial charge in [-0.1, -0.05) is 18.7 Å². The lowest BCUT2D eigenvalue weighted by Gasteiger charge is -2.26. The van der Waals surface area contributed by atoms with Gasteiger partial charge in [-0.2, -0.15) is 0 Å². The highest BCUT2D eigenvalue weighted by molar-refractivity contribution is 6.46. The molecule has 184 valence electrons. The van der Waals surface area contributed by atoms with E-state index in [2.05, 4.69) is 11.6 Å². The summed E-state index contributed by atoms with van der Waals surface area (Å²) in [7, 11) is 0. The van der Waals surface area contributed by atoms with Gasteiger partial charge in [0.1, 0.15) is 18.2 Å². The molecule has 1 atom stereocenters. The molecule has 1 aliphatic rings. The van der Waals surface area contributed by atoms with Gasteiger partial charge in [-0.3, -0.25) is 14.6 Å². The fourth-order valence-electron chi connectivity index (χ4n) is 4.07. The highest BCUT2D eigenvalue weighted by atomic mass is 19.1. The molecule has 1 fully saturated rings. The number of Topliss-reactive ketones (excluding diaryl/α,β-unsaturated/α-hetero) is 1. The van der Waals surface area contributed by atoms with Crippen LogP contribution < -0.4 is 9.47 Å². The number of halogens is 1. The number of hydrogen-bond acceptors (Lipinski definition) is 6. The molecule has 4 rings (SSSR count). The summed E-state index contributed by atoms with van der Waals surface area (Å²) in [6.07, 6.45) is 4.80. The van der Waals surface area contributed by atoms with E-state index in [1.54, 1.807) is 48.8 Å². The zero-order valence-electron chi connectivity index (χ0n) is 19.7. The van der Waals surface area contributed by atoms with Gasteiger partial charge in [-0.25, -0.2) is 4.39 Å². The van der Waals surface area contributed by atoms with Crippen molar-refractivity contribution in [2.75, 3.05) is 13.2 Å². The van der Waals surface area contributed by atoms with Crippen molar-refractivity contribution in [2.24, 2.45) is 0 Å². The van der Waals surface area contributed by atoms with E-state index in [1.165, 1.54) is 29.2 Å². The van der Waals surface area contributed by atoms with Crippen molar-refractivity contribution in [2.45, 2.75) is 19.5 Å². The second-order valence-electron chi connectivity index (χ2n) is 8.03. The highest BCUT2D eigenvalue weighted by Crippen LogP contribution is 2.42. The third-order valence-electron chi connectivity index (χ3n) is 5.70. The highest BCUT2D eigenvalue weighted by Gasteiger charge is 2.46. The first kappa shape index (κ1) is 24.7. The van der Waals surface area contributed by atoms with Crippen LogP contribution in [0.3, 0.4) is 0 Å². The van der Waals surface area contributed by atoms with Gasteiger partial charge in [0.2, 0.25) is 0 Å². The molecule has 1 amide bonds. The lowest BCUT2D eigenvalue weighted by atomic mass is 9.94. The average molecular weight is 489 g/mol. The first-order valence-electron chi connectivity index (χ1n) is 11.4. The van der Waals surface area contributed by atoms with Gasteiger partial charge in [0.05, 0.1) is 18.2 Å². The van der Waals surface area contributed by atoms with Crippen molar-refractivity contribution < 1.29 is 28.6 Å². The molecule has 2 heterocycles. The third kappa shape index (κ3) is 4.98. The van der Waals surface area contributed by atoms with Crippen LogP contribution in [-0.4, -0.2) is 39.9 Å². The van der Waals surface area contributed by atoms with E-state index in [1.807, 2.05) is 6.92 Å². The van der Waals surface area contributed by atoms with Gasteiger partial charge < -0.3 is 19.5 Å². The maximum absolute atomic E-state index is 13.5. The first-order chi connectivity index (χ1) is 17.4. The number of aliphatic hydroxyl groups excluding tert-OH is 1. The molecule has 0 bridgehead atoms. The minimum absolute atomic E-state index is 0.0946. The van der Waals surface area contributed by atoms with Crippen LogP contribution in [0.25, 0.3) is 5.76 Å². The monoisotopic (exact) mass is 488 g/mol. The Bertz CT molecular complexity index is 1310. The molecule has 1 aliphatic heterocycles. The molecule has 1 saturated heterocycles. The van der Waals surface area contributed by atoms with Crippen molar-refractivity contribution >= 4 is 17.4 Å². The summed E-state index contributed by atoms with van der Waals surface area (Å²) in [5.74, 6) is -1.57. The molecule has 0 saturated carbocycles. The van der Waals surface area contributed by atoms with Crippen LogP contribution >= 0.6 is 0 Å². The molecule has 3 aromatic rings. The molecule has 0 aliphatic carbocycles. The maximum Gasteiger partial charge on any atom is 0.295 e. The second kappa shape index (κ2) is 10.9. The molecule has 2 aromatic carbocycles. The molecule has 1 N–H and O–H groups in total. The molecular weight excluding hydrogens is 463 g/mol. The standard InChI is InChI=1S/C28H25FN2O5/c1-3-15-36-22-10-7-20(16-23(22)35-4-2)25-24(26(32)19-5-8-21(29)9-6-19)27(33)28(34)31(25)17-18-11-13-30-14-12-18/h3,5-14,16,25,32H,1,4,15,17H2,2H3/b26-24+. The Hall–Kier alpha value is -4.46. The van der Waals surface area contributed by atoms with Gasteiger partial charge in [0, 0.05) is 24.5 Å². The fourth-order valence-corrected chi connectivity index (χ4v) is 4.07. The van der Waals surface area contributed by atoms with E-state index in [-0.39, 0.29) is 30.0 Å². The molecule has 0 spiro atoms. The Morgan fingerprint density at radius 3 is 2.47 bits per heavy atom. The minimum atomic E-state index is -0.920. The largest absolute Gasteiger partial charge is 0.507 e. The van der Waals surface area contributed by atoms with Gasteiger partial charge in [-0.15, -0.1) is 0 Å². The maximum atomic E-state index is 13.5. The van der Waals surface area contributed by atoms with Crippen LogP contribution in [0.15, 0.2) is 85.2 Å². The summed E-state index contributed by atoms with van der Waals surface area (Å²) in [5, 5.41) is 11.1. The predicted molar refractivity (Wildman–Crippen MR) is 132 cm³/mol. The van der Waals surface area contributed by atoms with Crippen molar-refractivity contribution in [3.05, 3.63) is 108 Å². The first-order valence-corrected chi connectivity index (χ1v) is 11.4. The molecule has 8 heteroatoms. The molecule has 7 nitrogen and oxygen atoms in total. The van der Waals surface area contributed by atoms with E-state index in [0.717, 1.165) is 5.56 Å². The van der Waals surface area contributed by atoms with Crippen LogP contribution in [0.4, 0.5) is 4.39 Å². The van der Waals surface area contributed by atoms with Crippen molar-refractivity contribution in [3.8, 4) is 11.5 Å². The smallest absolute Gasteiger partial charge is 0.295 e. The predicted octanol–water partition coefficient (Wildman–Crippen LogP) is 4.81. The SMILES string of the molecule is C=CCOc1ccc(C2/C(=C(\O)c3ccc(F)cc3)C(=O)C(=O)N2Cc2ccncc2)cc1OCC. The van der Waals surface area contributed by atoms with Crippen LogP contribution in [-0.2, 0) is 16.1 Å². The zero-order chi connectivity index (χ0) is 25.7. The molecule has 36 heavy (non-hydrogen) atoms. The summed E-state index contributed by atoms with van der Waals surface area (Å²) in [6, 6.07) is 12.7. The minimum Gasteiger partial charge on any atom is -0.507 e. The van der Waals surface area contributed by atoms with E-state index in [4.69, 9.17) is 9.47 Å². The van der Waals surface area contributed by atoms with Crippen molar-refractivity contribution in [3.63, 3.8) is 0 Å². The Kier molecular flexibility index (Phi) is 7.44.